The van der Waals surface area contributed by atoms with Gasteiger partial charge in [0.15, 0.2) is 0 Å². The smallest absolute Gasteiger partial charge is 0.240 e. The van der Waals surface area contributed by atoms with Crippen LogP contribution in [0.2, 0.25) is 0 Å². The van der Waals surface area contributed by atoms with Crippen molar-refractivity contribution in [2.75, 3.05) is 6.54 Å². The first-order valence-electron chi connectivity index (χ1n) is 4.84. The molecule has 2 atom stereocenters. The predicted molar refractivity (Wildman–Crippen MR) is 46.9 cm³/mol. The molecular weight excluding hydrogens is 168 g/mol. The van der Waals surface area contributed by atoms with Crippen molar-refractivity contribution in [3.05, 3.63) is 0 Å². The number of fused-ring (bicyclic) bond motifs is 1. The standard InChI is InChI=1S/C9H14N2O2/c12-8-5-10-7-4-2-1-3-6(7)9(13)11-8/h6-7,10H,1-5H2,(H,11,12,13). The Balaban J connectivity index is 2.12. The molecule has 1 saturated heterocycles. The summed E-state index contributed by atoms with van der Waals surface area (Å²) in [6, 6.07) is 0.222. The molecule has 1 saturated carbocycles. The van der Waals surface area contributed by atoms with Crippen molar-refractivity contribution in [2.24, 2.45) is 5.92 Å². The van der Waals surface area contributed by atoms with Crippen LogP contribution in [0.25, 0.3) is 0 Å². The number of carbonyl (C=O) groups excluding carboxylic acids is 2. The Morgan fingerprint density at radius 1 is 1.15 bits per heavy atom. The van der Waals surface area contributed by atoms with Crippen molar-refractivity contribution in [1.82, 2.24) is 10.6 Å². The quantitative estimate of drug-likeness (QED) is 0.510. The molecule has 2 rings (SSSR count). The summed E-state index contributed by atoms with van der Waals surface area (Å²) in [5.74, 6) is -0.265. The Bertz CT molecular complexity index is 240. The Morgan fingerprint density at radius 2 is 1.92 bits per heavy atom. The second kappa shape index (κ2) is 3.46. The third-order valence-corrected chi connectivity index (χ3v) is 2.89. The zero-order valence-electron chi connectivity index (χ0n) is 7.51. The molecular formula is C9H14N2O2. The van der Waals surface area contributed by atoms with E-state index in [1.807, 2.05) is 0 Å². The molecule has 13 heavy (non-hydrogen) atoms. The van der Waals surface area contributed by atoms with Gasteiger partial charge in [0.05, 0.1) is 12.5 Å². The van der Waals surface area contributed by atoms with Crippen LogP contribution in [-0.2, 0) is 9.59 Å². The van der Waals surface area contributed by atoms with Gasteiger partial charge in [-0.05, 0) is 12.8 Å². The predicted octanol–water partition coefficient (Wildman–Crippen LogP) is -0.209. The van der Waals surface area contributed by atoms with Crippen LogP contribution in [0.5, 0.6) is 0 Å². The number of hydrogen-bond acceptors (Lipinski definition) is 3. The fourth-order valence-corrected chi connectivity index (χ4v) is 2.19. The van der Waals surface area contributed by atoms with Gasteiger partial charge in [-0.15, -0.1) is 0 Å². The van der Waals surface area contributed by atoms with Gasteiger partial charge < -0.3 is 5.32 Å². The number of hydrogen-bond donors (Lipinski definition) is 2. The maximum atomic E-state index is 11.5. The number of carbonyl (C=O) groups is 2. The molecule has 2 N–H and O–H groups in total. The summed E-state index contributed by atoms with van der Waals surface area (Å²) in [6.07, 6.45) is 4.20. The topological polar surface area (TPSA) is 58.2 Å². The highest BCUT2D eigenvalue weighted by Gasteiger charge is 2.33. The zero-order valence-corrected chi connectivity index (χ0v) is 7.51. The molecule has 2 aliphatic rings. The van der Waals surface area contributed by atoms with Gasteiger partial charge in [-0.3, -0.25) is 14.9 Å². The summed E-state index contributed by atoms with van der Waals surface area (Å²) in [4.78, 5) is 22.5. The van der Waals surface area contributed by atoms with Crippen LogP contribution in [0.1, 0.15) is 25.7 Å². The minimum atomic E-state index is -0.195. The van der Waals surface area contributed by atoms with Gasteiger partial charge in [0.2, 0.25) is 11.8 Å². The summed E-state index contributed by atoms with van der Waals surface area (Å²) >= 11 is 0. The molecule has 1 aliphatic heterocycles. The van der Waals surface area contributed by atoms with Crippen molar-refractivity contribution in [3.63, 3.8) is 0 Å². The maximum Gasteiger partial charge on any atom is 0.240 e. The van der Waals surface area contributed by atoms with Gasteiger partial charge in [0, 0.05) is 6.04 Å². The first kappa shape index (κ1) is 8.69. The second-order valence-corrected chi connectivity index (χ2v) is 3.79. The van der Waals surface area contributed by atoms with Crippen LogP contribution in [-0.4, -0.2) is 24.4 Å². The number of rotatable bonds is 0. The normalized spacial score (nSPS) is 34.8. The Labute approximate surface area is 77.1 Å². The lowest BCUT2D eigenvalue weighted by Gasteiger charge is -2.28. The van der Waals surface area contributed by atoms with E-state index >= 15 is 0 Å². The SMILES string of the molecule is O=C1CNC2CCCCC2C(=O)N1. The minimum absolute atomic E-state index is 0.0141. The average Bonchev–Trinajstić information content (AvgIpc) is 2.27. The third-order valence-electron chi connectivity index (χ3n) is 2.89. The Hall–Kier alpha value is -0.900. The van der Waals surface area contributed by atoms with E-state index in [1.54, 1.807) is 0 Å². The maximum absolute atomic E-state index is 11.5. The molecule has 0 aromatic carbocycles. The largest absolute Gasteiger partial charge is 0.305 e. The zero-order chi connectivity index (χ0) is 9.26. The summed E-state index contributed by atoms with van der Waals surface area (Å²) in [7, 11) is 0. The monoisotopic (exact) mass is 182 g/mol. The van der Waals surface area contributed by atoms with Gasteiger partial charge >= 0.3 is 0 Å². The first-order chi connectivity index (χ1) is 6.27. The van der Waals surface area contributed by atoms with E-state index < -0.39 is 0 Å². The van der Waals surface area contributed by atoms with Gasteiger partial charge in [0.1, 0.15) is 0 Å². The lowest BCUT2D eigenvalue weighted by atomic mass is 9.84. The molecule has 2 fully saturated rings. The summed E-state index contributed by atoms with van der Waals surface area (Å²) in [5, 5.41) is 5.53. The first-order valence-corrected chi connectivity index (χ1v) is 4.84. The van der Waals surface area contributed by atoms with E-state index in [2.05, 4.69) is 10.6 Å². The summed E-state index contributed by atoms with van der Waals surface area (Å²) in [6.45, 7) is 0.285. The second-order valence-electron chi connectivity index (χ2n) is 3.79. The van der Waals surface area contributed by atoms with Gasteiger partial charge in [0.25, 0.3) is 0 Å². The molecule has 2 amide bonds. The van der Waals surface area contributed by atoms with Crippen molar-refractivity contribution >= 4 is 11.8 Å². The van der Waals surface area contributed by atoms with Crippen LogP contribution in [0, 0.1) is 5.92 Å². The van der Waals surface area contributed by atoms with Crippen molar-refractivity contribution in [1.29, 1.82) is 0 Å². The van der Waals surface area contributed by atoms with Crippen molar-refractivity contribution in [2.45, 2.75) is 31.7 Å². The molecule has 72 valence electrons. The van der Waals surface area contributed by atoms with Crippen molar-refractivity contribution < 1.29 is 9.59 Å². The number of amides is 2. The molecule has 0 radical (unpaired) electrons. The highest BCUT2D eigenvalue weighted by molar-refractivity contribution is 5.98. The molecule has 0 aromatic rings. The molecule has 1 aliphatic carbocycles. The summed E-state index contributed by atoms with van der Waals surface area (Å²) in [5.41, 5.74) is 0. The van der Waals surface area contributed by atoms with Gasteiger partial charge in [-0.2, -0.15) is 0 Å². The van der Waals surface area contributed by atoms with E-state index in [0.29, 0.717) is 0 Å². The van der Waals surface area contributed by atoms with Crippen LogP contribution in [0.15, 0.2) is 0 Å². The van der Waals surface area contributed by atoms with E-state index in [9.17, 15) is 9.59 Å². The fraction of sp³-hybridized carbons (Fsp3) is 0.778. The van der Waals surface area contributed by atoms with E-state index in [4.69, 9.17) is 0 Å². The van der Waals surface area contributed by atoms with Gasteiger partial charge in [-0.25, -0.2) is 0 Å². The minimum Gasteiger partial charge on any atom is -0.305 e. The van der Waals surface area contributed by atoms with E-state index in [1.165, 1.54) is 0 Å². The van der Waals surface area contributed by atoms with Gasteiger partial charge in [-0.1, -0.05) is 12.8 Å². The summed E-state index contributed by atoms with van der Waals surface area (Å²) < 4.78 is 0. The molecule has 4 nitrogen and oxygen atoms in total. The van der Waals surface area contributed by atoms with Crippen LogP contribution >= 0.6 is 0 Å². The molecule has 0 spiro atoms. The highest BCUT2D eigenvalue weighted by atomic mass is 16.2. The van der Waals surface area contributed by atoms with Crippen LogP contribution < -0.4 is 10.6 Å². The molecule has 1 heterocycles. The van der Waals surface area contributed by atoms with Crippen LogP contribution in [0.3, 0.4) is 0 Å². The lowest BCUT2D eigenvalue weighted by Crippen LogP contribution is -2.41. The molecule has 0 bridgehead atoms. The molecule has 2 unspecified atom stereocenters. The Kier molecular flexibility index (Phi) is 2.31. The van der Waals surface area contributed by atoms with E-state index in [0.717, 1.165) is 25.7 Å². The third kappa shape index (κ3) is 1.72. The molecule has 4 heteroatoms. The highest BCUT2D eigenvalue weighted by Crippen LogP contribution is 2.25. The van der Waals surface area contributed by atoms with Crippen molar-refractivity contribution in [3.8, 4) is 0 Å². The average molecular weight is 182 g/mol. The number of nitrogens with one attached hydrogen (secondary N) is 2. The number of imide groups is 1. The fourth-order valence-electron chi connectivity index (χ4n) is 2.19. The lowest BCUT2D eigenvalue weighted by molar-refractivity contribution is -0.131. The Morgan fingerprint density at radius 3 is 2.77 bits per heavy atom. The van der Waals surface area contributed by atoms with Crippen LogP contribution in [0.4, 0.5) is 0 Å². The van der Waals surface area contributed by atoms with E-state index in [-0.39, 0.29) is 30.3 Å². The molecule has 0 aromatic heterocycles.